The van der Waals surface area contributed by atoms with Gasteiger partial charge in [-0.1, -0.05) is 0 Å². The highest BCUT2D eigenvalue weighted by Gasteiger charge is 2.25. The Labute approximate surface area is 77.6 Å². The van der Waals surface area contributed by atoms with Crippen molar-refractivity contribution in [3.05, 3.63) is 18.0 Å². The van der Waals surface area contributed by atoms with Crippen LogP contribution in [0.3, 0.4) is 0 Å². The zero-order chi connectivity index (χ0) is 9.26. The Balaban J connectivity index is 1.94. The van der Waals surface area contributed by atoms with E-state index in [0.717, 1.165) is 24.5 Å². The van der Waals surface area contributed by atoms with Gasteiger partial charge in [0.05, 0.1) is 0 Å². The number of anilines is 1. The number of nitrogens with one attached hydrogen (secondary N) is 1. The van der Waals surface area contributed by atoms with Gasteiger partial charge in [0.1, 0.15) is 0 Å². The number of rotatable bonds is 2. The van der Waals surface area contributed by atoms with E-state index in [1.54, 1.807) is 6.20 Å². The molecule has 0 saturated heterocycles. The van der Waals surface area contributed by atoms with Crippen LogP contribution >= 0.6 is 0 Å². The van der Waals surface area contributed by atoms with E-state index >= 15 is 0 Å². The van der Waals surface area contributed by atoms with E-state index in [9.17, 15) is 0 Å². The van der Waals surface area contributed by atoms with E-state index in [1.165, 1.54) is 0 Å². The second-order valence-corrected chi connectivity index (χ2v) is 3.59. The Hall–Kier alpha value is -1.16. The third kappa shape index (κ3) is 1.95. The van der Waals surface area contributed by atoms with Crippen LogP contribution in [0.5, 0.6) is 0 Å². The fourth-order valence-electron chi connectivity index (χ4n) is 1.48. The molecule has 0 spiro atoms. The van der Waals surface area contributed by atoms with Gasteiger partial charge in [0.25, 0.3) is 0 Å². The average Bonchev–Trinajstić information content (AvgIpc) is 2.01. The van der Waals surface area contributed by atoms with Crippen molar-refractivity contribution in [2.75, 3.05) is 5.32 Å². The van der Waals surface area contributed by atoms with Crippen LogP contribution in [-0.4, -0.2) is 22.1 Å². The summed E-state index contributed by atoms with van der Waals surface area (Å²) in [4.78, 5) is 8.38. The van der Waals surface area contributed by atoms with Gasteiger partial charge in [-0.3, -0.25) is 0 Å². The van der Waals surface area contributed by atoms with Gasteiger partial charge < -0.3 is 11.1 Å². The molecule has 0 unspecified atom stereocenters. The molecule has 0 aromatic carbocycles. The molecule has 0 aliphatic heterocycles. The van der Waals surface area contributed by atoms with Crippen molar-refractivity contribution in [2.45, 2.75) is 31.8 Å². The number of nitrogens with two attached hydrogens (primary N) is 1. The van der Waals surface area contributed by atoms with Crippen molar-refractivity contribution in [3.63, 3.8) is 0 Å². The second-order valence-electron chi connectivity index (χ2n) is 3.59. The van der Waals surface area contributed by atoms with Crippen LogP contribution in [0, 0.1) is 6.92 Å². The van der Waals surface area contributed by atoms with Crippen LogP contribution in [0.25, 0.3) is 0 Å². The number of aromatic nitrogens is 2. The van der Waals surface area contributed by atoms with Gasteiger partial charge in [-0.2, -0.15) is 0 Å². The molecule has 0 amide bonds. The fourth-order valence-corrected chi connectivity index (χ4v) is 1.48. The van der Waals surface area contributed by atoms with E-state index in [4.69, 9.17) is 5.73 Å². The van der Waals surface area contributed by atoms with Crippen molar-refractivity contribution in [3.8, 4) is 0 Å². The number of aryl methyl sites for hydroxylation is 1. The predicted octanol–water partition coefficient (Wildman–Crippen LogP) is 0.687. The molecular formula is C9H14N4. The lowest BCUT2D eigenvalue weighted by Gasteiger charge is -2.32. The van der Waals surface area contributed by atoms with Gasteiger partial charge in [-0.15, -0.1) is 0 Å². The molecule has 13 heavy (non-hydrogen) atoms. The summed E-state index contributed by atoms with van der Waals surface area (Å²) in [6.45, 7) is 1.96. The Kier molecular flexibility index (Phi) is 2.14. The molecule has 4 nitrogen and oxygen atoms in total. The standard InChI is InChI=1S/C9H14N4/c1-6-2-3-11-9(12-6)13-8-4-7(10)5-8/h2-3,7-8H,4-5,10H2,1H3,(H,11,12,13). The third-order valence-electron chi connectivity index (χ3n) is 2.30. The van der Waals surface area contributed by atoms with Gasteiger partial charge in [0.15, 0.2) is 0 Å². The summed E-state index contributed by atoms with van der Waals surface area (Å²) in [6.07, 6.45) is 3.82. The van der Waals surface area contributed by atoms with Gasteiger partial charge >= 0.3 is 0 Å². The summed E-state index contributed by atoms with van der Waals surface area (Å²) in [7, 11) is 0. The van der Waals surface area contributed by atoms with Crippen LogP contribution in [0.4, 0.5) is 5.95 Å². The minimum absolute atomic E-state index is 0.363. The van der Waals surface area contributed by atoms with Crippen molar-refractivity contribution in [2.24, 2.45) is 5.73 Å². The smallest absolute Gasteiger partial charge is 0.223 e. The van der Waals surface area contributed by atoms with Gasteiger partial charge in [-0.05, 0) is 25.8 Å². The van der Waals surface area contributed by atoms with Crippen LogP contribution in [-0.2, 0) is 0 Å². The molecule has 1 aromatic rings. The number of hydrogen-bond donors (Lipinski definition) is 2. The SMILES string of the molecule is Cc1ccnc(NC2CC(N)C2)n1. The average molecular weight is 178 g/mol. The van der Waals surface area contributed by atoms with Gasteiger partial charge in [0, 0.05) is 24.0 Å². The molecule has 1 aliphatic rings. The molecule has 1 heterocycles. The first-order valence-electron chi connectivity index (χ1n) is 4.56. The molecule has 1 aliphatic carbocycles. The van der Waals surface area contributed by atoms with Crippen LogP contribution < -0.4 is 11.1 Å². The zero-order valence-corrected chi connectivity index (χ0v) is 7.70. The molecule has 0 bridgehead atoms. The zero-order valence-electron chi connectivity index (χ0n) is 7.70. The monoisotopic (exact) mass is 178 g/mol. The normalized spacial score (nSPS) is 26.6. The molecule has 4 heteroatoms. The summed E-state index contributed by atoms with van der Waals surface area (Å²) >= 11 is 0. The molecule has 1 fully saturated rings. The first-order valence-corrected chi connectivity index (χ1v) is 4.56. The van der Waals surface area contributed by atoms with Crippen molar-refractivity contribution in [1.29, 1.82) is 0 Å². The summed E-state index contributed by atoms with van der Waals surface area (Å²) in [5.74, 6) is 0.719. The van der Waals surface area contributed by atoms with Crippen LogP contribution in [0.2, 0.25) is 0 Å². The summed E-state index contributed by atoms with van der Waals surface area (Å²) in [6, 6.07) is 2.72. The summed E-state index contributed by atoms with van der Waals surface area (Å²) in [5.41, 5.74) is 6.66. The van der Waals surface area contributed by atoms with E-state index < -0.39 is 0 Å². The van der Waals surface area contributed by atoms with E-state index in [-0.39, 0.29) is 0 Å². The number of hydrogen-bond acceptors (Lipinski definition) is 4. The predicted molar refractivity (Wildman–Crippen MR) is 51.4 cm³/mol. The van der Waals surface area contributed by atoms with E-state index in [0.29, 0.717) is 12.1 Å². The summed E-state index contributed by atoms with van der Waals surface area (Å²) < 4.78 is 0. The molecule has 0 atom stereocenters. The minimum Gasteiger partial charge on any atom is -0.351 e. The topological polar surface area (TPSA) is 63.8 Å². The maximum Gasteiger partial charge on any atom is 0.223 e. The largest absolute Gasteiger partial charge is 0.351 e. The Morgan fingerprint density at radius 3 is 2.92 bits per heavy atom. The highest BCUT2D eigenvalue weighted by Crippen LogP contribution is 2.20. The van der Waals surface area contributed by atoms with Crippen LogP contribution in [0.15, 0.2) is 12.3 Å². The highest BCUT2D eigenvalue weighted by molar-refractivity contribution is 5.27. The lowest BCUT2D eigenvalue weighted by atomic mass is 9.88. The molecule has 2 rings (SSSR count). The molecule has 70 valence electrons. The first kappa shape index (κ1) is 8.44. The van der Waals surface area contributed by atoms with Gasteiger partial charge in [0.2, 0.25) is 5.95 Å². The van der Waals surface area contributed by atoms with E-state index in [1.807, 2.05) is 13.0 Å². The minimum atomic E-state index is 0.363. The Morgan fingerprint density at radius 2 is 2.31 bits per heavy atom. The van der Waals surface area contributed by atoms with Crippen molar-refractivity contribution < 1.29 is 0 Å². The quantitative estimate of drug-likeness (QED) is 0.699. The molecule has 0 radical (unpaired) electrons. The Bertz CT molecular complexity index is 293. The first-order chi connectivity index (χ1) is 6.24. The van der Waals surface area contributed by atoms with Crippen molar-refractivity contribution in [1.82, 2.24) is 9.97 Å². The molecular weight excluding hydrogens is 164 g/mol. The van der Waals surface area contributed by atoms with Gasteiger partial charge in [-0.25, -0.2) is 9.97 Å². The maximum absolute atomic E-state index is 5.67. The maximum atomic E-state index is 5.67. The second kappa shape index (κ2) is 3.30. The highest BCUT2D eigenvalue weighted by atomic mass is 15.1. The van der Waals surface area contributed by atoms with E-state index in [2.05, 4.69) is 15.3 Å². The van der Waals surface area contributed by atoms with Crippen LogP contribution in [0.1, 0.15) is 18.5 Å². The molecule has 1 aromatic heterocycles. The lowest BCUT2D eigenvalue weighted by molar-refractivity contribution is 0.372. The third-order valence-corrected chi connectivity index (χ3v) is 2.30. The molecule has 3 N–H and O–H groups in total. The Morgan fingerprint density at radius 1 is 1.54 bits per heavy atom. The summed E-state index contributed by atoms with van der Waals surface area (Å²) in [5, 5.41) is 3.25. The lowest BCUT2D eigenvalue weighted by Crippen LogP contribution is -2.44. The molecule has 1 saturated carbocycles. The van der Waals surface area contributed by atoms with Crippen molar-refractivity contribution >= 4 is 5.95 Å². The number of nitrogens with zero attached hydrogens (tertiary/aromatic N) is 2. The fraction of sp³-hybridized carbons (Fsp3) is 0.556.